The molecule has 0 aliphatic rings. The van der Waals surface area contributed by atoms with E-state index in [1.165, 1.54) is 0 Å². The third-order valence-corrected chi connectivity index (χ3v) is 5.15. The number of nitrogens with one attached hydrogen (secondary N) is 1. The van der Waals surface area contributed by atoms with E-state index in [9.17, 15) is 0 Å². The largest absolute Gasteiger partial charge is 0.497 e. The molecule has 0 aliphatic heterocycles. The lowest BCUT2D eigenvalue weighted by Crippen LogP contribution is -2.27. The summed E-state index contributed by atoms with van der Waals surface area (Å²) in [5.74, 6) is 2.53. The topological polar surface area (TPSA) is 43.4 Å². The predicted octanol–water partition coefficient (Wildman–Crippen LogP) is 6.80. The fraction of sp³-hybridized carbons (Fsp3) is 0.222. The molecule has 1 heterocycles. The second-order valence-electron chi connectivity index (χ2n) is 8.56. The lowest BCUT2D eigenvalue weighted by Gasteiger charge is -2.24. The van der Waals surface area contributed by atoms with Gasteiger partial charge in [0.05, 0.1) is 19.9 Å². The molecule has 4 rings (SSSR count). The molecular formula is C27H28N2O2. The summed E-state index contributed by atoms with van der Waals surface area (Å²) in [7, 11) is 3.36. The number of benzene rings is 3. The third-order valence-electron chi connectivity index (χ3n) is 5.15. The van der Waals surface area contributed by atoms with Gasteiger partial charge in [-0.3, -0.25) is 0 Å². The number of nitrogens with zero attached hydrogens (tertiary/aromatic N) is 1. The van der Waals surface area contributed by atoms with E-state index in [-0.39, 0.29) is 5.54 Å². The van der Waals surface area contributed by atoms with Crippen LogP contribution in [-0.4, -0.2) is 24.7 Å². The number of anilines is 1. The zero-order chi connectivity index (χ0) is 22.0. The summed E-state index contributed by atoms with van der Waals surface area (Å²) >= 11 is 0. The van der Waals surface area contributed by atoms with Gasteiger partial charge in [-0.2, -0.15) is 0 Å². The maximum absolute atomic E-state index is 5.37. The van der Waals surface area contributed by atoms with E-state index < -0.39 is 0 Å². The molecule has 0 fully saturated rings. The fourth-order valence-corrected chi connectivity index (χ4v) is 3.72. The SMILES string of the molecule is COc1ccc(-c2nc(NC(C)(C)C)c3ccccc3c2-c2ccc(OC)cc2)cc1. The van der Waals surface area contributed by atoms with Gasteiger partial charge in [0.2, 0.25) is 0 Å². The minimum atomic E-state index is -0.116. The van der Waals surface area contributed by atoms with Crippen LogP contribution >= 0.6 is 0 Å². The molecular weight excluding hydrogens is 384 g/mol. The Labute approximate surface area is 183 Å². The van der Waals surface area contributed by atoms with Crippen LogP contribution in [0.15, 0.2) is 72.8 Å². The maximum atomic E-state index is 5.37. The number of hydrogen-bond acceptors (Lipinski definition) is 4. The Balaban J connectivity index is 2.03. The van der Waals surface area contributed by atoms with Gasteiger partial charge in [-0.1, -0.05) is 36.4 Å². The fourth-order valence-electron chi connectivity index (χ4n) is 3.72. The van der Waals surface area contributed by atoms with E-state index in [1.807, 2.05) is 24.3 Å². The molecule has 31 heavy (non-hydrogen) atoms. The van der Waals surface area contributed by atoms with Gasteiger partial charge < -0.3 is 14.8 Å². The lowest BCUT2D eigenvalue weighted by molar-refractivity contribution is 0.414. The van der Waals surface area contributed by atoms with Crippen LogP contribution in [0.1, 0.15) is 20.8 Å². The summed E-state index contributed by atoms with van der Waals surface area (Å²) < 4.78 is 10.7. The molecule has 0 aliphatic carbocycles. The molecule has 0 amide bonds. The minimum absolute atomic E-state index is 0.116. The molecule has 1 aromatic heterocycles. The first-order valence-corrected chi connectivity index (χ1v) is 10.4. The highest BCUT2D eigenvalue weighted by Gasteiger charge is 2.20. The van der Waals surface area contributed by atoms with Gasteiger partial charge in [0.1, 0.15) is 17.3 Å². The standard InChI is InChI=1S/C27H28N2O2/c1-27(2,3)29-26-23-9-7-6-8-22(23)24(18-10-14-20(30-4)15-11-18)25(28-26)19-12-16-21(31-5)17-13-19/h6-17H,1-5H3,(H,28,29). The number of rotatable bonds is 5. The number of pyridine rings is 1. The molecule has 4 heteroatoms. The van der Waals surface area contributed by atoms with Crippen LogP contribution in [0.2, 0.25) is 0 Å². The Morgan fingerprint density at radius 1 is 0.677 bits per heavy atom. The quantitative estimate of drug-likeness (QED) is 0.392. The van der Waals surface area contributed by atoms with Gasteiger partial charge in [0.15, 0.2) is 0 Å². The monoisotopic (exact) mass is 412 g/mol. The Bertz CT molecular complexity index is 1190. The Morgan fingerprint density at radius 2 is 1.19 bits per heavy atom. The highest BCUT2D eigenvalue weighted by molar-refractivity contribution is 6.07. The molecule has 0 saturated heterocycles. The first-order chi connectivity index (χ1) is 14.9. The molecule has 3 aromatic carbocycles. The number of hydrogen-bond donors (Lipinski definition) is 1. The van der Waals surface area contributed by atoms with Crippen molar-refractivity contribution in [2.45, 2.75) is 26.3 Å². The van der Waals surface area contributed by atoms with Crippen LogP contribution in [0.4, 0.5) is 5.82 Å². The van der Waals surface area contributed by atoms with Crippen molar-refractivity contribution in [2.75, 3.05) is 19.5 Å². The highest BCUT2D eigenvalue weighted by Crippen LogP contribution is 2.40. The minimum Gasteiger partial charge on any atom is -0.497 e. The Hall–Kier alpha value is -3.53. The molecule has 0 spiro atoms. The Kier molecular flexibility index (Phi) is 5.55. The lowest BCUT2D eigenvalue weighted by atomic mass is 9.93. The maximum Gasteiger partial charge on any atom is 0.135 e. The summed E-state index contributed by atoms with van der Waals surface area (Å²) in [5, 5.41) is 5.85. The van der Waals surface area contributed by atoms with Crippen LogP contribution < -0.4 is 14.8 Å². The molecule has 0 atom stereocenters. The number of methoxy groups -OCH3 is 2. The normalized spacial score (nSPS) is 11.4. The van der Waals surface area contributed by atoms with E-state index in [2.05, 4.69) is 74.6 Å². The van der Waals surface area contributed by atoms with Crippen molar-refractivity contribution >= 4 is 16.6 Å². The molecule has 4 aromatic rings. The smallest absolute Gasteiger partial charge is 0.135 e. The van der Waals surface area contributed by atoms with Crippen molar-refractivity contribution in [1.29, 1.82) is 0 Å². The second-order valence-corrected chi connectivity index (χ2v) is 8.56. The number of ether oxygens (including phenoxy) is 2. The molecule has 0 radical (unpaired) electrons. The van der Waals surface area contributed by atoms with Crippen LogP contribution in [0.3, 0.4) is 0 Å². The molecule has 1 N–H and O–H groups in total. The molecule has 0 saturated carbocycles. The summed E-state index contributed by atoms with van der Waals surface area (Å²) in [6.07, 6.45) is 0. The van der Waals surface area contributed by atoms with Crippen LogP contribution in [0, 0.1) is 0 Å². The summed E-state index contributed by atoms with van der Waals surface area (Å²) in [4.78, 5) is 5.15. The van der Waals surface area contributed by atoms with Gasteiger partial charge in [-0.15, -0.1) is 0 Å². The van der Waals surface area contributed by atoms with E-state index in [0.717, 1.165) is 50.5 Å². The van der Waals surface area contributed by atoms with E-state index in [1.54, 1.807) is 14.2 Å². The second kappa shape index (κ2) is 8.31. The van der Waals surface area contributed by atoms with Gasteiger partial charge in [-0.25, -0.2) is 4.98 Å². The first-order valence-electron chi connectivity index (χ1n) is 10.4. The zero-order valence-corrected chi connectivity index (χ0v) is 18.7. The zero-order valence-electron chi connectivity index (χ0n) is 18.7. The predicted molar refractivity (Wildman–Crippen MR) is 129 cm³/mol. The molecule has 0 bridgehead atoms. The van der Waals surface area contributed by atoms with Gasteiger partial charge in [-0.05, 0) is 68.1 Å². The van der Waals surface area contributed by atoms with Crippen molar-refractivity contribution in [3.05, 3.63) is 72.8 Å². The summed E-state index contributed by atoms with van der Waals surface area (Å²) in [6.45, 7) is 6.44. The molecule has 158 valence electrons. The van der Waals surface area contributed by atoms with Crippen LogP contribution in [0.25, 0.3) is 33.2 Å². The first kappa shape index (κ1) is 20.7. The van der Waals surface area contributed by atoms with Crippen molar-refractivity contribution in [1.82, 2.24) is 4.98 Å². The summed E-state index contributed by atoms with van der Waals surface area (Å²) in [5.41, 5.74) is 4.04. The molecule has 0 unspecified atom stereocenters. The van der Waals surface area contributed by atoms with Gasteiger partial charge in [0, 0.05) is 22.1 Å². The van der Waals surface area contributed by atoms with E-state index in [4.69, 9.17) is 14.5 Å². The van der Waals surface area contributed by atoms with Gasteiger partial charge >= 0.3 is 0 Å². The van der Waals surface area contributed by atoms with E-state index >= 15 is 0 Å². The van der Waals surface area contributed by atoms with Crippen LogP contribution in [0.5, 0.6) is 11.5 Å². The Morgan fingerprint density at radius 3 is 1.71 bits per heavy atom. The van der Waals surface area contributed by atoms with Crippen LogP contribution in [-0.2, 0) is 0 Å². The number of aromatic nitrogens is 1. The van der Waals surface area contributed by atoms with Gasteiger partial charge in [0.25, 0.3) is 0 Å². The van der Waals surface area contributed by atoms with Crippen molar-refractivity contribution < 1.29 is 9.47 Å². The average Bonchev–Trinajstić information content (AvgIpc) is 2.78. The molecule has 4 nitrogen and oxygen atoms in total. The van der Waals surface area contributed by atoms with Crippen molar-refractivity contribution in [2.24, 2.45) is 0 Å². The third kappa shape index (κ3) is 4.33. The van der Waals surface area contributed by atoms with E-state index in [0.29, 0.717) is 0 Å². The van der Waals surface area contributed by atoms with Crippen molar-refractivity contribution in [3.8, 4) is 33.9 Å². The number of fused-ring (bicyclic) bond motifs is 1. The highest BCUT2D eigenvalue weighted by atomic mass is 16.5. The van der Waals surface area contributed by atoms with Crippen molar-refractivity contribution in [3.63, 3.8) is 0 Å². The summed E-state index contributed by atoms with van der Waals surface area (Å²) in [6, 6.07) is 24.6. The average molecular weight is 413 g/mol.